The average molecular weight is 214 g/mol. The van der Waals surface area contributed by atoms with E-state index in [1.807, 2.05) is 0 Å². The Kier molecular flexibility index (Phi) is 3.34. The molecule has 0 aromatic heterocycles. The number of carbonyl (C=O) groups excluding carboxylic acids is 2. The van der Waals surface area contributed by atoms with Crippen LogP contribution in [0, 0.1) is 5.41 Å². The van der Waals surface area contributed by atoms with Crippen LogP contribution in [-0.4, -0.2) is 29.5 Å². The maximum Gasteiger partial charge on any atom is 0.330 e. The molecule has 0 radical (unpaired) electrons. The molecule has 0 aromatic rings. The van der Waals surface area contributed by atoms with Crippen LogP contribution in [0.3, 0.4) is 0 Å². The zero-order valence-corrected chi connectivity index (χ0v) is 9.45. The van der Waals surface area contributed by atoms with Gasteiger partial charge < -0.3 is 10.6 Å². The molecule has 1 rings (SSSR count). The number of primary amides is 1. The minimum Gasteiger partial charge on any atom is -0.368 e. The van der Waals surface area contributed by atoms with Crippen molar-refractivity contribution in [2.24, 2.45) is 11.1 Å². The van der Waals surface area contributed by atoms with Gasteiger partial charge >= 0.3 is 5.97 Å². The highest BCUT2D eigenvalue weighted by molar-refractivity contribution is 5.80. The number of carbonyl (C=O) groups is 2. The van der Waals surface area contributed by atoms with E-state index in [2.05, 4.69) is 0 Å². The lowest BCUT2D eigenvalue weighted by atomic mass is 9.98. The summed E-state index contributed by atoms with van der Waals surface area (Å²) in [4.78, 5) is 27.7. The third-order valence-electron chi connectivity index (χ3n) is 2.34. The number of nitrogens with two attached hydrogens (primary N) is 1. The summed E-state index contributed by atoms with van der Waals surface area (Å²) in [6.45, 7) is 5.88. The highest BCUT2D eigenvalue weighted by Crippen LogP contribution is 2.21. The molecule has 1 saturated heterocycles. The fourth-order valence-corrected chi connectivity index (χ4v) is 1.38. The number of nitrogens with zero attached hydrogens (tertiary/aromatic N) is 1. The molecule has 1 fully saturated rings. The summed E-state index contributed by atoms with van der Waals surface area (Å²) in [5, 5.41) is 1.40. The normalized spacial score (nSPS) is 22.7. The van der Waals surface area contributed by atoms with Crippen molar-refractivity contribution in [1.29, 1.82) is 0 Å². The molecule has 15 heavy (non-hydrogen) atoms. The Bertz CT molecular complexity index is 270. The molecular weight excluding hydrogens is 196 g/mol. The highest BCUT2D eigenvalue weighted by atomic mass is 16.7. The number of amides is 1. The molecule has 0 bridgehead atoms. The topological polar surface area (TPSA) is 72.6 Å². The minimum absolute atomic E-state index is 0.337. The number of hydrogen-bond acceptors (Lipinski definition) is 4. The molecule has 2 N–H and O–H groups in total. The molecule has 0 aliphatic carbocycles. The Labute approximate surface area is 89.5 Å². The first-order valence-electron chi connectivity index (χ1n) is 5.10. The van der Waals surface area contributed by atoms with Crippen LogP contribution in [0.25, 0.3) is 0 Å². The SMILES string of the molecule is CC(C)(C)C(=O)ON1CCCC1C(N)=O. The second kappa shape index (κ2) is 4.18. The molecule has 1 unspecified atom stereocenters. The number of rotatable bonds is 2. The van der Waals surface area contributed by atoms with Gasteiger partial charge in [0.2, 0.25) is 5.91 Å². The molecule has 86 valence electrons. The fourth-order valence-electron chi connectivity index (χ4n) is 1.38. The van der Waals surface area contributed by atoms with Gasteiger partial charge in [-0.15, -0.1) is 5.06 Å². The molecule has 0 saturated carbocycles. The zero-order chi connectivity index (χ0) is 11.6. The van der Waals surface area contributed by atoms with E-state index >= 15 is 0 Å². The van der Waals surface area contributed by atoms with Crippen molar-refractivity contribution in [1.82, 2.24) is 5.06 Å². The van der Waals surface area contributed by atoms with E-state index < -0.39 is 17.4 Å². The molecule has 1 heterocycles. The van der Waals surface area contributed by atoms with Crippen molar-refractivity contribution in [2.45, 2.75) is 39.7 Å². The minimum atomic E-state index is -0.565. The molecule has 1 aliphatic heterocycles. The van der Waals surface area contributed by atoms with Crippen LogP contribution in [0.5, 0.6) is 0 Å². The fraction of sp³-hybridized carbons (Fsp3) is 0.800. The molecule has 1 aliphatic rings. The third kappa shape index (κ3) is 2.92. The van der Waals surface area contributed by atoms with E-state index in [1.165, 1.54) is 5.06 Å². The molecule has 1 amide bonds. The first-order chi connectivity index (χ1) is 6.82. The van der Waals surface area contributed by atoms with Crippen LogP contribution in [-0.2, 0) is 14.4 Å². The molecule has 5 nitrogen and oxygen atoms in total. The average Bonchev–Trinajstić information content (AvgIpc) is 2.50. The Balaban J connectivity index is 2.58. The van der Waals surface area contributed by atoms with Crippen molar-refractivity contribution in [2.75, 3.05) is 6.54 Å². The first-order valence-corrected chi connectivity index (χ1v) is 5.10. The van der Waals surface area contributed by atoms with Gasteiger partial charge in [0.25, 0.3) is 0 Å². The van der Waals surface area contributed by atoms with Crippen molar-refractivity contribution in [3.63, 3.8) is 0 Å². The van der Waals surface area contributed by atoms with Crippen molar-refractivity contribution >= 4 is 11.9 Å². The van der Waals surface area contributed by atoms with Crippen LogP contribution in [0.2, 0.25) is 0 Å². The van der Waals surface area contributed by atoms with Gasteiger partial charge in [0.05, 0.1) is 5.41 Å². The third-order valence-corrected chi connectivity index (χ3v) is 2.34. The van der Waals surface area contributed by atoms with E-state index in [4.69, 9.17) is 10.6 Å². The van der Waals surface area contributed by atoms with Crippen LogP contribution >= 0.6 is 0 Å². The summed E-state index contributed by atoms with van der Waals surface area (Å²) in [5.41, 5.74) is 4.64. The van der Waals surface area contributed by atoms with Crippen LogP contribution in [0.4, 0.5) is 0 Å². The van der Waals surface area contributed by atoms with Gasteiger partial charge in [-0.3, -0.25) is 4.79 Å². The van der Waals surface area contributed by atoms with E-state index in [9.17, 15) is 9.59 Å². The van der Waals surface area contributed by atoms with Gasteiger partial charge in [0.1, 0.15) is 6.04 Å². The summed E-state index contributed by atoms with van der Waals surface area (Å²) in [5.74, 6) is -0.773. The van der Waals surface area contributed by atoms with E-state index in [1.54, 1.807) is 20.8 Å². The highest BCUT2D eigenvalue weighted by Gasteiger charge is 2.34. The Morgan fingerprint density at radius 3 is 2.47 bits per heavy atom. The van der Waals surface area contributed by atoms with E-state index in [0.29, 0.717) is 13.0 Å². The molecule has 0 spiro atoms. The first kappa shape index (κ1) is 12.0. The van der Waals surface area contributed by atoms with Gasteiger partial charge in [-0.1, -0.05) is 0 Å². The van der Waals surface area contributed by atoms with E-state index in [-0.39, 0.29) is 5.97 Å². The van der Waals surface area contributed by atoms with Crippen LogP contribution in [0.15, 0.2) is 0 Å². The monoisotopic (exact) mass is 214 g/mol. The molecule has 5 heteroatoms. The summed E-state index contributed by atoms with van der Waals surface area (Å²) >= 11 is 0. The summed E-state index contributed by atoms with van der Waals surface area (Å²) in [6.07, 6.45) is 1.48. The van der Waals surface area contributed by atoms with Crippen LogP contribution in [0.1, 0.15) is 33.6 Å². The zero-order valence-electron chi connectivity index (χ0n) is 9.45. The van der Waals surface area contributed by atoms with Crippen molar-refractivity contribution < 1.29 is 14.4 Å². The molecule has 1 atom stereocenters. The maximum atomic E-state index is 11.6. The standard InChI is InChI=1S/C10H18N2O3/c1-10(2,3)9(14)15-12-6-4-5-7(12)8(11)13/h7H,4-6H2,1-3H3,(H2,11,13). The van der Waals surface area contributed by atoms with Gasteiger partial charge in [-0.2, -0.15) is 0 Å². The van der Waals surface area contributed by atoms with Crippen molar-refractivity contribution in [3.8, 4) is 0 Å². The van der Waals surface area contributed by atoms with Gasteiger partial charge in [-0.05, 0) is 33.6 Å². The predicted octanol–water partition coefficient (Wildman–Crippen LogP) is 0.440. The van der Waals surface area contributed by atoms with E-state index in [0.717, 1.165) is 6.42 Å². The van der Waals surface area contributed by atoms with Gasteiger partial charge in [0.15, 0.2) is 0 Å². The lowest BCUT2D eigenvalue weighted by molar-refractivity contribution is -0.203. The maximum absolute atomic E-state index is 11.6. The smallest absolute Gasteiger partial charge is 0.330 e. The Morgan fingerprint density at radius 1 is 1.40 bits per heavy atom. The summed E-state index contributed by atoms with van der Waals surface area (Å²) in [7, 11) is 0. The second-order valence-corrected chi connectivity index (χ2v) is 4.83. The quantitative estimate of drug-likeness (QED) is 0.724. The summed E-state index contributed by atoms with van der Waals surface area (Å²) in [6, 6.07) is -0.462. The Morgan fingerprint density at radius 2 is 2.00 bits per heavy atom. The van der Waals surface area contributed by atoms with Crippen molar-refractivity contribution in [3.05, 3.63) is 0 Å². The van der Waals surface area contributed by atoms with Gasteiger partial charge in [0, 0.05) is 6.54 Å². The largest absolute Gasteiger partial charge is 0.368 e. The number of hydrogen-bond donors (Lipinski definition) is 1. The lowest BCUT2D eigenvalue weighted by Crippen LogP contribution is -2.43. The number of hydroxylamine groups is 2. The van der Waals surface area contributed by atoms with Crippen LogP contribution < -0.4 is 5.73 Å². The Hall–Kier alpha value is -1.10. The van der Waals surface area contributed by atoms with Gasteiger partial charge in [-0.25, -0.2) is 4.79 Å². The second-order valence-electron chi connectivity index (χ2n) is 4.83. The molecule has 0 aromatic carbocycles. The molecular formula is C10H18N2O3. The summed E-state index contributed by atoms with van der Waals surface area (Å²) < 4.78 is 0. The lowest BCUT2D eigenvalue weighted by Gasteiger charge is -2.24. The predicted molar refractivity (Wildman–Crippen MR) is 54.5 cm³/mol.